The van der Waals surface area contributed by atoms with Crippen LogP contribution in [0.25, 0.3) is 0 Å². The zero-order valence-electron chi connectivity index (χ0n) is 11.7. The molecule has 0 spiro atoms. The van der Waals surface area contributed by atoms with E-state index in [0.29, 0.717) is 6.07 Å². The number of rotatable bonds is 7. The zero-order chi connectivity index (χ0) is 17.1. The fourth-order valence-corrected chi connectivity index (χ4v) is 2.85. The summed E-state index contributed by atoms with van der Waals surface area (Å²) in [5.74, 6) is -4.20. The Labute approximate surface area is 125 Å². The molecule has 0 bridgehead atoms. The summed E-state index contributed by atoms with van der Waals surface area (Å²) >= 11 is 0. The van der Waals surface area contributed by atoms with Crippen LogP contribution in [0.5, 0.6) is 5.75 Å². The maximum Gasteiger partial charge on any atom is 0.387 e. The fraction of sp³-hybridized carbons (Fsp3) is 0.417. The van der Waals surface area contributed by atoms with Gasteiger partial charge in [-0.1, -0.05) is 6.92 Å². The number of ether oxygens (including phenoxy) is 1. The number of hydrogen-bond donors (Lipinski definition) is 1. The molecule has 0 saturated carbocycles. The number of nitrogens with zero attached hydrogens (tertiary/aromatic N) is 1. The van der Waals surface area contributed by atoms with Gasteiger partial charge < -0.3 is 9.84 Å². The normalized spacial score (nSPS) is 13.4. The van der Waals surface area contributed by atoms with Crippen LogP contribution in [-0.2, 0) is 14.8 Å². The van der Waals surface area contributed by atoms with Gasteiger partial charge in [0.05, 0.1) is 10.8 Å². The summed E-state index contributed by atoms with van der Waals surface area (Å²) in [6.45, 7) is -2.25. The van der Waals surface area contributed by atoms with Crippen LogP contribution in [0.15, 0.2) is 23.1 Å². The molecular weight excluding hydrogens is 327 g/mol. The number of aliphatic carboxylic acids is 1. The molecule has 1 aromatic carbocycles. The number of carbonyl (C=O) groups is 1. The summed E-state index contributed by atoms with van der Waals surface area (Å²) in [5, 5.41) is 8.76. The highest BCUT2D eigenvalue weighted by molar-refractivity contribution is 7.89. The molecule has 1 aromatic rings. The van der Waals surface area contributed by atoms with Crippen LogP contribution in [0.3, 0.4) is 0 Å². The van der Waals surface area contributed by atoms with E-state index >= 15 is 0 Å². The lowest BCUT2D eigenvalue weighted by Crippen LogP contribution is -2.33. The van der Waals surface area contributed by atoms with E-state index in [-0.39, 0.29) is 6.54 Å². The van der Waals surface area contributed by atoms with Gasteiger partial charge in [-0.25, -0.2) is 17.1 Å². The van der Waals surface area contributed by atoms with Crippen LogP contribution in [0, 0.1) is 11.7 Å². The van der Waals surface area contributed by atoms with E-state index in [1.54, 1.807) is 0 Å². The topological polar surface area (TPSA) is 83.9 Å². The second kappa shape index (κ2) is 6.97. The molecule has 1 atom stereocenters. The maximum absolute atomic E-state index is 13.6. The average Bonchev–Trinajstić information content (AvgIpc) is 2.40. The maximum atomic E-state index is 13.6. The van der Waals surface area contributed by atoms with E-state index in [0.717, 1.165) is 23.5 Å². The van der Waals surface area contributed by atoms with Crippen molar-refractivity contribution in [2.45, 2.75) is 18.4 Å². The van der Waals surface area contributed by atoms with E-state index in [9.17, 15) is 26.4 Å². The van der Waals surface area contributed by atoms with Gasteiger partial charge in [0.15, 0.2) is 11.6 Å². The smallest absolute Gasteiger partial charge is 0.387 e. The van der Waals surface area contributed by atoms with E-state index in [2.05, 4.69) is 4.74 Å². The van der Waals surface area contributed by atoms with Crippen LogP contribution in [0.4, 0.5) is 13.2 Å². The van der Waals surface area contributed by atoms with Gasteiger partial charge in [-0.3, -0.25) is 4.79 Å². The van der Waals surface area contributed by atoms with Crippen molar-refractivity contribution in [3.05, 3.63) is 24.0 Å². The molecule has 1 rings (SSSR count). The minimum Gasteiger partial charge on any atom is -0.481 e. The van der Waals surface area contributed by atoms with Crippen molar-refractivity contribution in [1.29, 1.82) is 0 Å². The molecule has 0 radical (unpaired) electrons. The van der Waals surface area contributed by atoms with Crippen molar-refractivity contribution < 1.29 is 36.2 Å². The third-order valence-corrected chi connectivity index (χ3v) is 4.60. The van der Waals surface area contributed by atoms with E-state index in [1.165, 1.54) is 6.92 Å². The van der Waals surface area contributed by atoms with Gasteiger partial charge in [0.1, 0.15) is 0 Å². The number of hydrogen-bond acceptors (Lipinski definition) is 4. The van der Waals surface area contributed by atoms with Gasteiger partial charge in [0, 0.05) is 13.6 Å². The van der Waals surface area contributed by atoms with Crippen molar-refractivity contribution >= 4 is 16.0 Å². The molecule has 0 heterocycles. The Hall–Kier alpha value is -1.81. The molecule has 1 N–H and O–H groups in total. The quantitative estimate of drug-likeness (QED) is 0.817. The van der Waals surface area contributed by atoms with Crippen molar-refractivity contribution in [2.75, 3.05) is 13.6 Å². The van der Waals surface area contributed by atoms with Crippen LogP contribution in [-0.4, -0.2) is 44.0 Å². The van der Waals surface area contributed by atoms with Crippen molar-refractivity contribution in [2.24, 2.45) is 5.92 Å². The summed E-state index contributed by atoms with van der Waals surface area (Å²) in [5.41, 5.74) is 0. The minimum absolute atomic E-state index is 0.325. The van der Waals surface area contributed by atoms with Crippen molar-refractivity contribution in [3.8, 4) is 5.75 Å². The number of sulfonamides is 1. The number of halogens is 3. The molecule has 0 saturated heterocycles. The Balaban J connectivity index is 3.03. The molecule has 0 fully saturated rings. The van der Waals surface area contributed by atoms with E-state index in [4.69, 9.17) is 5.11 Å². The molecule has 0 aliphatic heterocycles. The molecular formula is C12H14F3NO5S. The first-order valence-electron chi connectivity index (χ1n) is 5.99. The molecule has 1 unspecified atom stereocenters. The first-order valence-corrected chi connectivity index (χ1v) is 7.43. The lowest BCUT2D eigenvalue weighted by atomic mass is 10.2. The van der Waals surface area contributed by atoms with Gasteiger partial charge in [0.2, 0.25) is 10.0 Å². The molecule has 0 aliphatic carbocycles. The summed E-state index contributed by atoms with van der Waals surface area (Å²) in [6.07, 6.45) is 0. The fourth-order valence-electron chi connectivity index (χ4n) is 1.58. The van der Waals surface area contributed by atoms with E-state index in [1.807, 2.05) is 0 Å². The summed E-state index contributed by atoms with van der Waals surface area (Å²) in [4.78, 5) is 10.2. The SMILES string of the molecule is CC(CN(C)S(=O)(=O)c1ccc(OC(F)F)c(F)c1)C(=O)O. The standard InChI is InChI=1S/C12H14F3NO5S/c1-7(11(17)18)6-16(2)22(19,20)8-3-4-10(9(13)5-8)21-12(14)15/h3-5,7,12H,6H2,1-2H3,(H,17,18). The molecule has 0 amide bonds. The Morgan fingerprint density at radius 3 is 2.45 bits per heavy atom. The second-order valence-corrected chi connectivity index (χ2v) is 6.54. The van der Waals surface area contributed by atoms with Gasteiger partial charge in [-0.15, -0.1) is 0 Å². The summed E-state index contributed by atoms with van der Waals surface area (Å²) in [6, 6.07) is 2.20. The van der Waals surface area contributed by atoms with Gasteiger partial charge in [-0.05, 0) is 18.2 Å². The van der Waals surface area contributed by atoms with Crippen molar-refractivity contribution in [1.82, 2.24) is 4.31 Å². The highest BCUT2D eigenvalue weighted by Gasteiger charge is 2.26. The predicted octanol–water partition coefficient (Wildman–Crippen LogP) is 1.77. The van der Waals surface area contributed by atoms with E-state index < -0.39 is 45.0 Å². The lowest BCUT2D eigenvalue weighted by Gasteiger charge is -2.19. The zero-order valence-corrected chi connectivity index (χ0v) is 12.5. The Kier molecular flexibility index (Phi) is 5.78. The highest BCUT2D eigenvalue weighted by Crippen LogP contribution is 2.24. The van der Waals surface area contributed by atoms with Gasteiger partial charge in [0.25, 0.3) is 0 Å². The minimum atomic E-state index is -4.15. The van der Waals surface area contributed by atoms with Crippen molar-refractivity contribution in [3.63, 3.8) is 0 Å². The number of carboxylic acids is 1. The first kappa shape index (κ1) is 18.2. The third kappa shape index (κ3) is 4.34. The lowest BCUT2D eigenvalue weighted by molar-refractivity contribution is -0.141. The molecule has 0 aliphatic rings. The van der Waals surface area contributed by atoms with Gasteiger partial charge >= 0.3 is 12.6 Å². The number of alkyl halides is 2. The molecule has 0 aromatic heterocycles. The highest BCUT2D eigenvalue weighted by atomic mass is 32.2. The van der Waals surface area contributed by atoms with Crippen LogP contribution in [0.1, 0.15) is 6.92 Å². The van der Waals surface area contributed by atoms with Crippen LogP contribution < -0.4 is 4.74 Å². The first-order chi connectivity index (χ1) is 10.1. The molecule has 6 nitrogen and oxygen atoms in total. The summed E-state index contributed by atoms with van der Waals surface area (Å²) < 4.78 is 66.5. The third-order valence-electron chi connectivity index (χ3n) is 2.78. The Morgan fingerprint density at radius 1 is 1.41 bits per heavy atom. The average molecular weight is 341 g/mol. The molecule has 10 heteroatoms. The van der Waals surface area contributed by atoms with Crippen LogP contribution >= 0.6 is 0 Å². The Morgan fingerprint density at radius 2 is 2.00 bits per heavy atom. The predicted molar refractivity (Wildman–Crippen MR) is 69.6 cm³/mol. The van der Waals surface area contributed by atoms with Gasteiger partial charge in [-0.2, -0.15) is 8.78 Å². The number of carboxylic acid groups (broad SMARTS) is 1. The molecule has 124 valence electrons. The summed E-state index contributed by atoms with van der Waals surface area (Å²) in [7, 11) is -3.01. The van der Waals surface area contributed by atoms with Crippen LogP contribution in [0.2, 0.25) is 0 Å². The number of benzene rings is 1. The molecule has 22 heavy (non-hydrogen) atoms. The second-order valence-electron chi connectivity index (χ2n) is 4.50. The Bertz CT molecular complexity index is 650. The largest absolute Gasteiger partial charge is 0.481 e. The monoisotopic (exact) mass is 341 g/mol.